The second-order valence-corrected chi connectivity index (χ2v) is 2.96. The van der Waals surface area contributed by atoms with Gasteiger partial charge in [0.05, 0.1) is 5.75 Å². The molecule has 0 aromatic carbocycles. The van der Waals surface area contributed by atoms with Crippen LogP contribution in [-0.4, -0.2) is 31.8 Å². The maximum Gasteiger partial charge on any atom is 1.00 e. The Balaban J connectivity index is 0.00000169. The van der Waals surface area contributed by atoms with E-state index in [0.717, 1.165) is 11.8 Å². The fourth-order valence-electron chi connectivity index (χ4n) is 0.579. The maximum atomic E-state index is 10.2. The van der Waals surface area contributed by atoms with Crippen LogP contribution >= 0.6 is 11.8 Å². The van der Waals surface area contributed by atoms with Gasteiger partial charge >= 0.3 is 35.5 Å². The number of carboxylic acids is 1. The second-order valence-electron chi connectivity index (χ2n) is 2.02. The van der Waals surface area contributed by atoms with Crippen LogP contribution in [0.3, 0.4) is 0 Å². The summed E-state index contributed by atoms with van der Waals surface area (Å²) in [6, 6.07) is 0. The summed E-state index contributed by atoms with van der Waals surface area (Å²) in [5.74, 6) is -1.12. The van der Waals surface area contributed by atoms with Crippen molar-refractivity contribution in [3.63, 3.8) is 0 Å². The molecule has 14 heavy (non-hydrogen) atoms. The van der Waals surface area contributed by atoms with E-state index < -0.39 is 5.97 Å². The molecule has 1 aromatic rings. The number of aromatic nitrogens is 3. The van der Waals surface area contributed by atoms with Gasteiger partial charge in [-0.3, -0.25) is 4.79 Å². The molecule has 9 heteroatoms. The predicted octanol–water partition coefficient (Wildman–Crippen LogP) is -3.78. The van der Waals surface area contributed by atoms with Crippen molar-refractivity contribution in [1.29, 1.82) is 0 Å². The molecule has 5 N–H and O–H groups in total. The van der Waals surface area contributed by atoms with Crippen molar-refractivity contribution in [3.05, 3.63) is 0 Å². The number of nitrogens with two attached hydrogens (primary N) is 2. The van der Waals surface area contributed by atoms with Gasteiger partial charge in [0.15, 0.2) is 5.16 Å². The average Bonchev–Trinajstić information content (AvgIpc) is 1.99. The van der Waals surface area contributed by atoms with E-state index >= 15 is 0 Å². The Kier molecular flexibility index (Phi) is 5.77. The van der Waals surface area contributed by atoms with E-state index in [1.54, 1.807) is 0 Å². The largest absolute Gasteiger partial charge is 1.00 e. The number of thioether (sulfide) groups is 1. The minimum Gasteiger partial charge on any atom is -0.481 e. The van der Waals surface area contributed by atoms with Crippen LogP contribution in [0.15, 0.2) is 5.16 Å². The van der Waals surface area contributed by atoms with Gasteiger partial charge in [0.2, 0.25) is 11.9 Å². The monoisotopic (exact) mass is 224 g/mol. The van der Waals surface area contributed by atoms with Crippen LogP contribution in [0.5, 0.6) is 0 Å². The minimum absolute atomic E-state index is 0. The molecule has 1 heterocycles. The molecule has 0 fully saturated rings. The number of carboxylic acid groups (broad SMARTS) is 1. The van der Waals surface area contributed by atoms with Crippen molar-refractivity contribution < 1.29 is 39.5 Å². The molecule has 0 aliphatic rings. The Morgan fingerprint density at radius 2 is 1.79 bits per heavy atom. The van der Waals surface area contributed by atoms with Crippen LogP contribution in [0, 0.1) is 0 Å². The number of rotatable bonds is 3. The van der Waals surface area contributed by atoms with Crippen molar-refractivity contribution >= 4 is 29.6 Å². The molecule has 0 atom stereocenters. The molecule has 0 saturated heterocycles. The van der Waals surface area contributed by atoms with Gasteiger partial charge in [-0.25, -0.2) is 0 Å². The number of nitrogens with zero attached hydrogens (tertiary/aromatic N) is 3. The zero-order valence-corrected chi connectivity index (χ0v) is 10.3. The molecule has 7 nitrogen and oxygen atoms in total. The van der Waals surface area contributed by atoms with Crippen molar-refractivity contribution in [1.82, 2.24) is 15.0 Å². The van der Waals surface area contributed by atoms with Crippen molar-refractivity contribution in [2.24, 2.45) is 0 Å². The van der Waals surface area contributed by atoms with Crippen LogP contribution in [0.1, 0.15) is 0 Å². The van der Waals surface area contributed by atoms with Crippen molar-refractivity contribution in [2.45, 2.75) is 5.16 Å². The van der Waals surface area contributed by atoms with Gasteiger partial charge in [0.1, 0.15) is 0 Å². The predicted molar refractivity (Wildman–Crippen MR) is 47.0 cm³/mol. The zero-order chi connectivity index (χ0) is 9.84. The third-order valence-corrected chi connectivity index (χ3v) is 1.81. The fraction of sp³-hybridized carbons (Fsp3) is 0.200. The first-order chi connectivity index (χ1) is 6.08. The van der Waals surface area contributed by atoms with Crippen LogP contribution in [0.4, 0.5) is 11.9 Å². The van der Waals surface area contributed by atoms with Gasteiger partial charge in [-0.05, 0) is 0 Å². The van der Waals surface area contributed by atoms with Crippen LogP contribution in [-0.2, 0) is 4.79 Å². The van der Waals surface area contributed by atoms with E-state index in [9.17, 15) is 4.79 Å². The number of anilines is 2. The Morgan fingerprint density at radius 1 is 1.29 bits per heavy atom. The molecule has 1 aromatic heterocycles. The molecule has 70 valence electrons. The normalized spacial score (nSPS) is 9.14. The summed E-state index contributed by atoms with van der Waals surface area (Å²) in [5, 5.41) is 8.57. The average molecular weight is 224 g/mol. The van der Waals surface area contributed by atoms with E-state index in [0.29, 0.717) is 0 Å². The van der Waals surface area contributed by atoms with Crippen molar-refractivity contribution in [3.8, 4) is 0 Å². The minimum atomic E-state index is -0.956. The molecule has 0 aliphatic carbocycles. The number of nitrogen functional groups attached to an aromatic ring is 2. The molecule has 0 spiro atoms. The number of hydrogen-bond donors (Lipinski definition) is 3. The van der Waals surface area contributed by atoms with Gasteiger partial charge < -0.3 is 16.6 Å². The second kappa shape index (κ2) is 6.02. The van der Waals surface area contributed by atoms with E-state index in [1.807, 2.05) is 0 Å². The molecule has 0 aliphatic heterocycles. The first kappa shape index (κ1) is 13.4. The van der Waals surface area contributed by atoms with Gasteiger partial charge in [0.25, 0.3) is 0 Å². The van der Waals surface area contributed by atoms with E-state index in [-0.39, 0.29) is 52.4 Å². The standard InChI is InChI=1S/C5H7N5O2S.Na/c6-3-8-4(7)10-5(9-3)13-1-2(11)12;/h1H2,(H,11,12)(H4,6,7,8,9,10);/q;+1. The Morgan fingerprint density at radius 3 is 2.21 bits per heavy atom. The molecule has 0 saturated carbocycles. The van der Waals surface area contributed by atoms with Gasteiger partial charge in [0, 0.05) is 0 Å². The molecule has 0 radical (unpaired) electrons. The molecular weight excluding hydrogens is 217 g/mol. The zero-order valence-electron chi connectivity index (χ0n) is 7.47. The van der Waals surface area contributed by atoms with E-state index in [4.69, 9.17) is 16.6 Å². The van der Waals surface area contributed by atoms with Gasteiger partial charge in [-0.15, -0.1) is 0 Å². The summed E-state index contributed by atoms with van der Waals surface area (Å²) in [4.78, 5) is 21.1. The van der Waals surface area contributed by atoms with E-state index in [2.05, 4.69) is 15.0 Å². The summed E-state index contributed by atoms with van der Waals surface area (Å²) in [6.07, 6.45) is 0. The quantitative estimate of drug-likeness (QED) is 0.352. The summed E-state index contributed by atoms with van der Waals surface area (Å²) < 4.78 is 0. The molecule has 1 rings (SSSR count). The first-order valence-electron chi connectivity index (χ1n) is 3.19. The van der Waals surface area contributed by atoms with Gasteiger partial charge in [-0.1, -0.05) is 11.8 Å². The van der Waals surface area contributed by atoms with E-state index in [1.165, 1.54) is 0 Å². The molecule has 0 amide bonds. The summed E-state index contributed by atoms with van der Waals surface area (Å²) in [7, 11) is 0. The van der Waals surface area contributed by atoms with Crippen LogP contribution < -0.4 is 41.0 Å². The van der Waals surface area contributed by atoms with Gasteiger partial charge in [-0.2, -0.15) is 15.0 Å². The SMILES string of the molecule is Nc1nc(N)nc(SCC(=O)O)n1.[Na+]. The molecular formula is C5H7N5NaO2S+. The Hall–Kier alpha value is -0.570. The third kappa shape index (κ3) is 4.61. The smallest absolute Gasteiger partial charge is 0.481 e. The van der Waals surface area contributed by atoms with Crippen molar-refractivity contribution in [2.75, 3.05) is 17.2 Å². The molecule has 0 unspecified atom stereocenters. The molecule has 0 bridgehead atoms. The first-order valence-corrected chi connectivity index (χ1v) is 4.18. The summed E-state index contributed by atoms with van der Waals surface area (Å²) in [5.41, 5.74) is 10.5. The Bertz CT molecular complexity index is 316. The van der Waals surface area contributed by atoms with Crippen LogP contribution in [0.25, 0.3) is 0 Å². The third-order valence-electron chi connectivity index (χ3n) is 0.974. The summed E-state index contributed by atoms with van der Waals surface area (Å²) in [6.45, 7) is 0. The van der Waals surface area contributed by atoms with Crippen LogP contribution in [0.2, 0.25) is 0 Å². The number of carbonyl (C=O) groups is 1. The number of hydrogen-bond acceptors (Lipinski definition) is 7. The number of aliphatic carboxylic acids is 1. The topological polar surface area (TPSA) is 128 Å². The Labute approximate surface area is 106 Å². The fourth-order valence-corrected chi connectivity index (χ4v) is 1.15. The maximum absolute atomic E-state index is 10.2. The summed E-state index contributed by atoms with van der Waals surface area (Å²) >= 11 is 0.935.